The molecule has 0 bridgehead atoms. The molecule has 0 fully saturated rings. The first-order chi connectivity index (χ1) is 14.5. The fourth-order valence-corrected chi connectivity index (χ4v) is 4.49. The maximum atomic E-state index is 13.3. The molecule has 2 aromatic carbocycles. The second-order valence-electron chi connectivity index (χ2n) is 6.54. The van der Waals surface area contributed by atoms with Crippen LogP contribution in [0.25, 0.3) is 31.8 Å². The Morgan fingerprint density at radius 2 is 1.62 bits per heavy atom. The summed E-state index contributed by atoms with van der Waals surface area (Å²) in [5, 5.41) is 10.9. The van der Waals surface area contributed by atoms with Gasteiger partial charge in [0.2, 0.25) is 0 Å². The molecule has 4 aromatic rings. The van der Waals surface area contributed by atoms with E-state index >= 15 is 0 Å². The van der Waals surface area contributed by atoms with E-state index in [1.165, 1.54) is 11.3 Å². The average molecular weight is 531 g/mol. The Balaban J connectivity index is 0.00000125. The topological polar surface area (TPSA) is 42.2 Å². The third kappa shape index (κ3) is 5.53. The molecule has 3 nitrogen and oxygen atoms in total. The number of rotatable bonds is 4. The summed E-state index contributed by atoms with van der Waals surface area (Å²) in [6.07, 6.45) is -2.68. The largest absolute Gasteiger partial charge is 0.506 e. The molecule has 0 aliphatic heterocycles. The molecule has 7 heteroatoms. The van der Waals surface area contributed by atoms with Crippen molar-refractivity contribution in [1.29, 1.82) is 0 Å². The van der Waals surface area contributed by atoms with Gasteiger partial charge in [-0.3, -0.25) is 4.79 Å². The minimum Gasteiger partial charge on any atom is -0.506 e. The Bertz CT molecular complexity index is 1220. The van der Waals surface area contributed by atoms with E-state index in [0.717, 1.165) is 20.6 Å². The second kappa shape index (κ2) is 12.4. The van der Waals surface area contributed by atoms with Gasteiger partial charge in [-0.25, -0.2) is 8.78 Å². The van der Waals surface area contributed by atoms with E-state index in [1.54, 1.807) is 18.2 Å². The molecule has 2 aromatic heterocycles. The van der Waals surface area contributed by atoms with Crippen LogP contribution in [0.1, 0.15) is 19.4 Å². The molecule has 1 radical (unpaired) electrons. The van der Waals surface area contributed by atoms with Crippen molar-refractivity contribution in [2.24, 2.45) is 0 Å². The molecule has 0 amide bonds. The van der Waals surface area contributed by atoms with Gasteiger partial charge in [0.1, 0.15) is 5.75 Å². The third-order valence-corrected chi connectivity index (χ3v) is 5.89. The summed E-state index contributed by atoms with van der Waals surface area (Å²) in [6, 6.07) is 18.3. The first kappa shape index (κ1) is 28.1. The second-order valence-corrected chi connectivity index (χ2v) is 7.59. The summed E-state index contributed by atoms with van der Waals surface area (Å²) < 4.78 is 28.0. The number of pyridine rings is 1. The van der Waals surface area contributed by atoms with Crippen LogP contribution in [0.2, 0.25) is 0 Å². The normalized spacial score (nSPS) is 10.2. The fourth-order valence-electron chi connectivity index (χ4n) is 3.37. The van der Waals surface area contributed by atoms with Crippen molar-refractivity contribution in [3.05, 3.63) is 84.0 Å². The predicted octanol–water partition coefficient (Wildman–Crippen LogP) is 7.15. The van der Waals surface area contributed by atoms with E-state index in [4.69, 9.17) is 0 Å². The Kier molecular flexibility index (Phi) is 10.9. The van der Waals surface area contributed by atoms with E-state index in [2.05, 4.69) is 0 Å². The molecular formula is C25H26F2NO2SY-. The molecule has 1 N–H and O–H groups in total. The van der Waals surface area contributed by atoms with Crippen LogP contribution in [-0.4, -0.2) is 16.1 Å². The van der Waals surface area contributed by atoms with E-state index in [-0.39, 0.29) is 51.4 Å². The van der Waals surface area contributed by atoms with Crippen LogP contribution in [0.3, 0.4) is 0 Å². The van der Waals surface area contributed by atoms with Gasteiger partial charge in [0, 0.05) is 37.6 Å². The Morgan fingerprint density at radius 3 is 2.22 bits per heavy atom. The standard InChI is InChI=1S/C22H17F2NO2S.C2H6.CH3.Y/c1-13-7-5-6-10-15(13)19-20(26)21-16(25(22(19)27)12-18(23)24)11-17(28-21)14-8-3-2-4-9-14;1-2;;/h2-11,18,26H,12H2,1H3;1-2H3;1H3;/q;;-1;. The Labute approximate surface area is 216 Å². The number of alkyl halides is 2. The van der Waals surface area contributed by atoms with E-state index in [1.807, 2.05) is 63.2 Å². The molecule has 0 aliphatic rings. The van der Waals surface area contributed by atoms with Gasteiger partial charge in [-0.05, 0) is 29.7 Å². The SMILES string of the molecule is CC.Cc1ccccc1-c1c(O)c2sc(-c3ccccc3)cc2n(CC(F)F)c1=O.[CH3-].[Y]. The summed E-state index contributed by atoms with van der Waals surface area (Å²) >= 11 is 1.29. The molecule has 0 spiro atoms. The zero-order valence-corrected chi connectivity index (χ0v) is 22.3. The molecule has 167 valence electrons. The van der Waals surface area contributed by atoms with Crippen molar-refractivity contribution in [3.63, 3.8) is 0 Å². The van der Waals surface area contributed by atoms with Crippen molar-refractivity contribution in [1.82, 2.24) is 4.57 Å². The van der Waals surface area contributed by atoms with Crippen molar-refractivity contribution in [2.75, 3.05) is 0 Å². The molecule has 32 heavy (non-hydrogen) atoms. The molecule has 0 unspecified atom stereocenters. The molecular weight excluding hydrogens is 505 g/mol. The van der Waals surface area contributed by atoms with Crippen LogP contribution in [0.5, 0.6) is 5.75 Å². The van der Waals surface area contributed by atoms with Crippen LogP contribution in [-0.2, 0) is 39.3 Å². The van der Waals surface area contributed by atoms with E-state index in [0.29, 0.717) is 15.8 Å². The maximum Gasteiger partial charge on any atom is 0.262 e. The summed E-state index contributed by atoms with van der Waals surface area (Å²) in [5.74, 6) is -0.160. The number of thiophene rings is 1. The number of aromatic hydroxyl groups is 1. The zero-order valence-electron chi connectivity index (χ0n) is 18.6. The first-order valence-electron chi connectivity index (χ1n) is 9.76. The number of hydrogen-bond donors (Lipinski definition) is 1. The molecule has 0 atom stereocenters. The first-order valence-corrected chi connectivity index (χ1v) is 10.6. The number of nitrogens with zero attached hydrogens (tertiary/aromatic N) is 1. The van der Waals surface area contributed by atoms with E-state index < -0.39 is 18.5 Å². The van der Waals surface area contributed by atoms with Crippen LogP contribution in [0, 0.1) is 14.4 Å². The van der Waals surface area contributed by atoms with Gasteiger partial charge in [-0.2, -0.15) is 0 Å². The number of halogens is 2. The molecule has 0 aliphatic carbocycles. The third-order valence-electron chi connectivity index (χ3n) is 4.71. The number of benzene rings is 2. The number of fused-ring (bicyclic) bond motifs is 1. The summed E-state index contributed by atoms with van der Waals surface area (Å²) in [6.45, 7) is 5.10. The van der Waals surface area contributed by atoms with Crippen molar-refractivity contribution in [3.8, 4) is 27.3 Å². The summed E-state index contributed by atoms with van der Waals surface area (Å²) in [4.78, 5) is 13.9. The Hall–Kier alpha value is -1.89. The minimum atomic E-state index is -2.68. The molecule has 0 saturated carbocycles. The van der Waals surface area contributed by atoms with Crippen LogP contribution in [0.4, 0.5) is 8.78 Å². The average Bonchev–Trinajstić information content (AvgIpc) is 3.20. The van der Waals surface area contributed by atoms with Crippen molar-refractivity contribution in [2.45, 2.75) is 33.7 Å². The van der Waals surface area contributed by atoms with Gasteiger partial charge in [0.15, 0.2) is 0 Å². The van der Waals surface area contributed by atoms with Gasteiger partial charge in [0.25, 0.3) is 12.0 Å². The quantitative estimate of drug-likeness (QED) is 0.284. The van der Waals surface area contributed by atoms with Gasteiger partial charge < -0.3 is 17.1 Å². The van der Waals surface area contributed by atoms with Gasteiger partial charge >= 0.3 is 0 Å². The monoisotopic (exact) mass is 531 g/mol. The van der Waals surface area contributed by atoms with Gasteiger partial charge in [0.05, 0.1) is 22.3 Å². The number of hydrogen-bond acceptors (Lipinski definition) is 3. The summed E-state index contributed by atoms with van der Waals surface area (Å²) in [5.41, 5.74) is 2.01. The number of aryl methyl sites for hydroxylation is 1. The van der Waals surface area contributed by atoms with Crippen LogP contribution >= 0.6 is 11.3 Å². The minimum absolute atomic E-state index is 0. The molecule has 4 rings (SSSR count). The Morgan fingerprint density at radius 1 is 1.03 bits per heavy atom. The van der Waals surface area contributed by atoms with Crippen molar-refractivity contribution >= 4 is 21.6 Å². The van der Waals surface area contributed by atoms with Crippen molar-refractivity contribution < 1.29 is 46.6 Å². The molecule has 2 heterocycles. The zero-order chi connectivity index (χ0) is 21.8. The van der Waals surface area contributed by atoms with Gasteiger partial charge in [-0.1, -0.05) is 68.4 Å². The maximum absolute atomic E-state index is 13.3. The number of aromatic nitrogens is 1. The van der Waals surface area contributed by atoms with Crippen LogP contribution < -0.4 is 5.56 Å². The van der Waals surface area contributed by atoms with Gasteiger partial charge in [-0.15, -0.1) is 11.3 Å². The fraction of sp³-hybridized carbons (Fsp3) is 0.200. The predicted molar refractivity (Wildman–Crippen MR) is 127 cm³/mol. The van der Waals surface area contributed by atoms with Crippen LogP contribution in [0.15, 0.2) is 65.5 Å². The smallest absolute Gasteiger partial charge is 0.262 e. The molecule has 0 saturated heterocycles. The summed E-state index contributed by atoms with van der Waals surface area (Å²) in [7, 11) is 0. The van der Waals surface area contributed by atoms with E-state index in [9.17, 15) is 18.7 Å².